The highest BCUT2D eigenvalue weighted by atomic mass is 35.5. The molecule has 0 aliphatic carbocycles. The van der Waals surface area contributed by atoms with Gasteiger partial charge in [-0.2, -0.15) is 0 Å². The number of anilines is 1. The number of thiocarbonyl (C=S) groups is 1. The van der Waals surface area contributed by atoms with Crippen LogP contribution in [0.2, 0.25) is 5.02 Å². The SMILES string of the molecule is COc1cc(/C=C2\SC(=S)N(c3cccnc3)C2=O)cc(Cl)c1OC. The molecule has 25 heavy (non-hydrogen) atoms. The summed E-state index contributed by atoms with van der Waals surface area (Å²) in [6.07, 6.45) is 4.97. The number of carbonyl (C=O) groups is 1. The Morgan fingerprint density at radius 2 is 2.12 bits per heavy atom. The summed E-state index contributed by atoms with van der Waals surface area (Å²) in [5, 5.41) is 0.399. The van der Waals surface area contributed by atoms with Gasteiger partial charge in [-0.05, 0) is 35.9 Å². The maximum Gasteiger partial charge on any atom is 0.270 e. The molecule has 1 amide bonds. The molecule has 0 saturated carbocycles. The highest BCUT2D eigenvalue weighted by Crippen LogP contribution is 2.39. The predicted octanol–water partition coefficient (Wildman–Crippen LogP) is 4.16. The van der Waals surface area contributed by atoms with Crippen molar-refractivity contribution < 1.29 is 14.3 Å². The molecule has 0 unspecified atom stereocenters. The van der Waals surface area contributed by atoms with E-state index in [1.54, 1.807) is 42.7 Å². The average molecular weight is 393 g/mol. The van der Waals surface area contributed by atoms with Gasteiger partial charge in [0.1, 0.15) is 0 Å². The van der Waals surface area contributed by atoms with Gasteiger partial charge in [0.15, 0.2) is 15.8 Å². The average Bonchev–Trinajstić information content (AvgIpc) is 2.88. The Labute approximate surface area is 159 Å². The maximum atomic E-state index is 12.7. The maximum absolute atomic E-state index is 12.7. The highest BCUT2D eigenvalue weighted by molar-refractivity contribution is 8.27. The second-order valence-electron chi connectivity index (χ2n) is 4.97. The standard InChI is InChI=1S/C17H13ClN2O3S2/c1-22-13-7-10(6-12(18)15(13)23-2)8-14-16(21)20(17(24)25-14)11-4-3-5-19-9-11/h3-9H,1-2H3/b14-8-. The molecule has 1 aromatic carbocycles. The monoisotopic (exact) mass is 392 g/mol. The first-order valence-electron chi connectivity index (χ1n) is 7.14. The fourth-order valence-electron chi connectivity index (χ4n) is 2.35. The first kappa shape index (κ1) is 17.7. The minimum absolute atomic E-state index is 0.200. The number of methoxy groups -OCH3 is 2. The molecule has 3 rings (SSSR count). The second-order valence-corrected chi connectivity index (χ2v) is 7.05. The molecule has 5 nitrogen and oxygen atoms in total. The fraction of sp³-hybridized carbons (Fsp3) is 0.118. The molecule has 1 aliphatic heterocycles. The summed E-state index contributed by atoms with van der Waals surface area (Å²) < 4.78 is 11.0. The molecule has 0 bridgehead atoms. The van der Waals surface area contributed by atoms with Crippen LogP contribution >= 0.6 is 35.6 Å². The van der Waals surface area contributed by atoms with Crippen LogP contribution in [0.3, 0.4) is 0 Å². The number of amides is 1. The van der Waals surface area contributed by atoms with Crippen LogP contribution in [-0.2, 0) is 4.79 Å². The number of hydrogen-bond acceptors (Lipinski definition) is 6. The van der Waals surface area contributed by atoms with Crippen molar-refractivity contribution in [2.75, 3.05) is 19.1 Å². The van der Waals surface area contributed by atoms with Gasteiger partial charge >= 0.3 is 0 Å². The van der Waals surface area contributed by atoms with Crippen LogP contribution in [-0.4, -0.2) is 29.4 Å². The minimum Gasteiger partial charge on any atom is -0.493 e. The number of thioether (sulfide) groups is 1. The number of benzene rings is 1. The van der Waals surface area contributed by atoms with Gasteiger partial charge in [-0.3, -0.25) is 14.7 Å². The Morgan fingerprint density at radius 3 is 2.76 bits per heavy atom. The van der Waals surface area contributed by atoms with Gasteiger partial charge in [0.05, 0.1) is 36.0 Å². The number of pyridine rings is 1. The normalized spacial score (nSPS) is 15.8. The molecule has 2 aromatic rings. The lowest BCUT2D eigenvalue weighted by Gasteiger charge is -2.13. The van der Waals surface area contributed by atoms with E-state index in [0.717, 1.165) is 0 Å². The molecule has 0 atom stereocenters. The van der Waals surface area contributed by atoms with Gasteiger partial charge in [0, 0.05) is 6.20 Å². The summed E-state index contributed by atoms with van der Waals surface area (Å²) in [5.41, 5.74) is 1.35. The Balaban J connectivity index is 1.96. The third-order valence-corrected chi connectivity index (χ3v) is 5.03. The third kappa shape index (κ3) is 3.49. The highest BCUT2D eigenvalue weighted by Gasteiger charge is 2.33. The first-order valence-corrected chi connectivity index (χ1v) is 8.75. The number of carbonyl (C=O) groups excluding carboxylic acids is 1. The van der Waals surface area contributed by atoms with Crippen LogP contribution in [0.1, 0.15) is 5.56 Å². The third-order valence-electron chi connectivity index (χ3n) is 3.45. The van der Waals surface area contributed by atoms with Crippen LogP contribution in [0.15, 0.2) is 41.6 Å². The zero-order valence-electron chi connectivity index (χ0n) is 13.4. The number of hydrogen-bond donors (Lipinski definition) is 0. The zero-order chi connectivity index (χ0) is 18.0. The van der Waals surface area contributed by atoms with E-state index in [2.05, 4.69) is 4.98 Å². The van der Waals surface area contributed by atoms with Crippen LogP contribution in [0, 0.1) is 0 Å². The van der Waals surface area contributed by atoms with Crippen molar-refractivity contribution in [2.24, 2.45) is 0 Å². The van der Waals surface area contributed by atoms with Gasteiger partial charge in [0.25, 0.3) is 5.91 Å². The number of rotatable bonds is 4. The molecule has 1 fully saturated rings. The van der Waals surface area contributed by atoms with E-state index >= 15 is 0 Å². The second kappa shape index (κ2) is 7.43. The molecule has 0 N–H and O–H groups in total. The first-order chi connectivity index (χ1) is 12.0. The van der Waals surface area contributed by atoms with Gasteiger partial charge in [0.2, 0.25) is 0 Å². The van der Waals surface area contributed by atoms with E-state index in [1.807, 2.05) is 0 Å². The molecule has 8 heteroatoms. The summed E-state index contributed by atoms with van der Waals surface area (Å²) in [6, 6.07) is 7.00. The Kier molecular flexibility index (Phi) is 5.27. The van der Waals surface area contributed by atoms with Crippen molar-refractivity contribution in [2.45, 2.75) is 0 Å². The Morgan fingerprint density at radius 1 is 1.32 bits per heavy atom. The van der Waals surface area contributed by atoms with E-state index in [4.69, 9.17) is 33.3 Å². The zero-order valence-corrected chi connectivity index (χ0v) is 15.7. The lowest BCUT2D eigenvalue weighted by molar-refractivity contribution is -0.113. The van der Waals surface area contributed by atoms with Crippen LogP contribution in [0.5, 0.6) is 11.5 Å². The van der Waals surface area contributed by atoms with Gasteiger partial charge in [-0.15, -0.1) is 0 Å². The van der Waals surface area contributed by atoms with Crippen molar-refractivity contribution in [1.29, 1.82) is 0 Å². The van der Waals surface area contributed by atoms with Crippen molar-refractivity contribution in [3.8, 4) is 11.5 Å². The molecular formula is C17H13ClN2O3S2. The van der Waals surface area contributed by atoms with Crippen LogP contribution < -0.4 is 14.4 Å². The lowest BCUT2D eigenvalue weighted by atomic mass is 10.1. The van der Waals surface area contributed by atoms with E-state index in [1.165, 1.54) is 30.9 Å². The minimum atomic E-state index is -0.200. The summed E-state index contributed by atoms with van der Waals surface area (Å²) in [5.74, 6) is 0.738. The molecule has 1 saturated heterocycles. The number of ether oxygens (including phenoxy) is 2. The molecule has 128 valence electrons. The fourth-order valence-corrected chi connectivity index (χ4v) is 3.94. The van der Waals surface area contributed by atoms with E-state index in [9.17, 15) is 4.79 Å². The van der Waals surface area contributed by atoms with E-state index < -0.39 is 0 Å². The predicted molar refractivity (Wildman–Crippen MR) is 104 cm³/mol. The summed E-state index contributed by atoms with van der Waals surface area (Å²) in [6.45, 7) is 0. The number of aromatic nitrogens is 1. The van der Waals surface area contributed by atoms with Crippen LogP contribution in [0.25, 0.3) is 6.08 Å². The van der Waals surface area contributed by atoms with Crippen molar-refractivity contribution in [1.82, 2.24) is 4.98 Å². The topological polar surface area (TPSA) is 51.7 Å². The smallest absolute Gasteiger partial charge is 0.270 e. The Hall–Kier alpha value is -2.09. The summed E-state index contributed by atoms with van der Waals surface area (Å²) in [4.78, 5) is 18.7. The largest absolute Gasteiger partial charge is 0.493 e. The van der Waals surface area contributed by atoms with E-state index in [-0.39, 0.29) is 5.91 Å². The molecule has 0 spiro atoms. The quantitative estimate of drug-likeness (QED) is 0.575. The van der Waals surface area contributed by atoms with E-state index in [0.29, 0.717) is 37.0 Å². The van der Waals surface area contributed by atoms with Crippen LogP contribution in [0.4, 0.5) is 5.69 Å². The van der Waals surface area contributed by atoms with Gasteiger partial charge < -0.3 is 9.47 Å². The summed E-state index contributed by atoms with van der Waals surface area (Å²) in [7, 11) is 3.04. The lowest BCUT2D eigenvalue weighted by Crippen LogP contribution is -2.27. The number of halogens is 1. The summed E-state index contributed by atoms with van der Waals surface area (Å²) >= 11 is 12.8. The molecular weight excluding hydrogens is 380 g/mol. The number of nitrogens with zero attached hydrogens (tertiary/aromatic N) is 2. The Bertz CT molecular complexity index is 872. The van der Waals surface area contributed by atoms with Gasteiger partial charge in [-0.25, -0.2) is 0 Å². The molecule has 1 aromatic heterocycles. The molecule has 2 heterocycles. The molecule has 0 radical (unpaired) electrons. The van der Waals surface area contributed by atoms with Gasteiger partial charge in [-0.1, -0.05) is 35.6 Å². The molecule has 1 aliphatic rings. The van der Waals surface area contributed by atoms with Crippen molar-refractivity contribution in [3.63, 3.8) is 0 Å². The van der Waals surface area contributed by atoms with Crippen molar-refractivity contribution in [3.05, 3.63) is 52.2 Å². The van der Waals surface area contributed by atoms with Crippen molar-refractivity contribution >= 4 is 57.6 Å².